The molecule has 3 rings (SSSR count). The van der Waals surface area contributed by atoms with E-state index in [1.165, 1.54) is 22.9 Å². The molecule has 3 aromatic rings. The van der Waals surface area contributed by atoms with E-state index in [0.29, 0.717) is 16.9 Å². The van der Waals surface area contributed by atoms with Crippen molar-refractivity contribution < 1.29 is 14.3 Å². The SMILES string of the molecule is N#Cc1ccc(-c2cc(NC(=O)O)nn2-c2ccc(I)cc2)cc1F. The number of carbonyl (C=O) groups is 1. The van der Waals surface area contributed by atoms with E-state index < -0.39 is 11.9 Å². The van der Waals surface area contributed by atoms with Gasteiger partial charge in [-0.3, -0.25) is 5.32 Å². The van der Waals surface area contributed by atoms with Crippen LogP contribution in [0, 0.1) is 20.7 Å². The number of nitrogens with zero attached hydrogens (tertiary/aromatic N) is 3. The Labute approximate surface area is 155 Å². The van der Waals surface area contributed by atoms with Gasteiger partial charge in [-0.15, -0.1) is 5.10 Å². The molecular formula is C17H10FIN4O2. The fourth-order valence-electron chi connectivity index (χ4n) is 2.30. The first-order valence-corrected chi connectivity index (χ1v) is 8.12. The summed E-state index contributed by atoms with van der Waals surface area (Å²) in [6, 6.07) is 14.9. The van der Waals surface area contributed by atoms with Crippen molar-refractivity contribution in [3.05, 3.63) is 63.5 Å². The minimum absolute atomic E-state index is 0.0621. The maximum Gasteiger partial charge on any atom is 0.410 e. The van der Waals surface area contributed by atoms with Crippen LogP contribution in [-0.2, 0) is 0 Å². The number of aromatic nitrogens is 2. The number of nitrogens with one attached hydrogen (secondary N) is 1. The predicted molar refractivity (Wildman–Crippen MR) is 98.0 cm³/mol. The number of amides is 1. The number of benzene rings is 2. The second kappa shape index (κ2) is 6.90. The zero-order valence-corrected chi connectivity index (χ0v) is 14.7. The van der Waals surface area contributed by atoms with Gasteiger partial charge >= 0.3 is 6.09 Å². The van der Waals surface area contributed by atoms with Gasteiger partial charge in [-0.05, 0) is 59.0 Å². The van der Waals surface area contributed by atoms with Gasteiger partial charge in [-0.25, -0.2) is 13.9 Å². The quantitative estimate of drug-likeness (QED) is 0.587. The van der Waals surface area contributed by atoms with Crippen LogP contribution < -0.4 is 5.32 Å². The maximum absolute atomic E-state index is 14.0. The molecule has 0 spiro atoms. The zero-order chi connectivity index (χ0) is 18.0. The van der Waals surface area contributed by atoms with E-state index in [2.05, 4.69) is 33.0 Å². The van der Waals surface area contributed by atoms with Crippen LogP contribution in [0.4, 0.5) is 15.0 Å². The Balaban J connectivity index is 2.15. The zero-order valence-electron chi connectivity index (χ0n) is 12.6. The van der Waals surface area contributed by atoms with Gasteiger partial charge in [-0.2, -0.15) is 5.26 Å². The number of nitriles is 1. The third kappa shape index (κ3) is 3.61. The van der Waals surface area contributed by atoms with Crippen LogP contribution in [-0.4, -0.2) is 21.0 Å². The molecule has 2 N–H and O–H groups in total. The van der Waals surface area contributed by atoms with Gasteiger partial charge in [0.05, 0.1) is 16.9 Å². The molecule has 0 aliphatic heterocycles. The maximum atomic E-state index is 14.0. The Hall–Kier alpha value is -2.93. The van der Waals surface area contributed by atoms with E-state index in [9.17, 15) is 9.18 Å². The van der Waals surface area contributed by atoms with Crippen molar-refractivity contribution in [2.24, 2.45) is 0 Å². The lowest BCUT2D eigenvalue weighted by Gasteiger charge is -2.08. The Kier molecular flexibility index (Phi) is 4.67. The van der Waals surface area contributed by atoms with E-state index >= 15 is 0 Å². The molecule has 1 aromatic heterocycles. The summed E-state index contributed by atoms with van der Waals surface area (Å²) in [7, 11) is 0. The number of rotatable bonds is 3. The van der Waals surface area contributed by atoms with Gasteiger partial charge in [0.2, 0.25) is 0 Å². The lowest BCUT2D eigenvalue weighted by atomic mass is 10.1. The lowest BCUT2D eigenvalue weighted by Crippen LogP contribution is -2.08. The number of anilines is 1. The second-order valence-electron chi connectivity index (χ2n) is 5.04. The molecule has 0 bridgehead atoms. The van der Waals surface area contributed by atoms with Gasteiger partial charge in [0.25, 0.3) is 0 Å². The smallest absolute Gasteiger partial charge is 0.410 e. The summed E-state index contributed by atoms with van der Waals surface area (Å²) in [5.41, 5.74) is 1.60. The number of hydrogen-bond donors (Lipinski definition) is 2. The van der Waals surface area contributed by atoms with Crippen molar-refractivity contribution in [2.45, 2.75) is 0 Å². The van der Waals surface area contributed by atoms with Gasteiger partial charge in [0.15, 0.2) is 5.82 Å². The van der Waals surface area contributed by atoms with Crippen molar-refractivity contribution in [1.82, 2.24) is 9.78 Å². The fourth-order valence-corrected chi connectivity index (χ4v) is 2.66. The van der Waals surface area contributed by atoms with Crippen LogP contribution in [0.15, 0.2) is 48.5 Å². The van der Waals surface area contributed by atoms with Crippen LogP contribution in [0.1, 0.15) is 5.56 Å². The topological polar surface area (TPSA) is 90.9 Å². The van der Waals surface area contributed by atoms with Crippen molar-refractivity contribution >= 4 is 34.5 Å². The van der Waals surface area contributed by atoms with Gasteiger partial charge in [-0.1, -0.05) is 6.07 Å². The Morgan fingerprint density at radius 3 is 2.56 bits per heavy atom. The molecule has 2 aromatic carbocycles. The minimum atomic E-state index is -1.25. The highest BCUT2D eigenvalue weighted by atomic mass is 127. The van der Waals surface area contributed by atoms with Crippen molar-refractivity contribution in [3.63, 3.8) is 0 Å². The van der Waals surface area contributed by atoms with E-state index in [1.807, 2.05) is 24.3 Å². The summed E-state index contributed by atoms with van der Waals surface area (Å²) in [5.74, 6) is -0.533. The molecule has 1 heterocycles. The molecule has 1 amide bonds. The second-order valence-corrected chi connectivity index (χ2v) is 6.29. The molecule has 0 radical (unpaired) electrons. The minimum Gasteiger partial charge on any atom is -0.465 e. The molecule has 6 nitrogen and oxygen atoms in total. The van der Waals surface area contributed by atoms with Crippen LogP contribution in [0.5, 0.6) is 0 Å². The first kappa shape index (κ1) is 16.9. The molecule has 0 atom stereocenters. The number of hydrogen-bond acceptors (Lipinski definition) is 3. The summed E-state index contributed by atoms with van der Waals surface area (Å²) in [6.45, 7) is 0. The molecule has 124 valence electrons. The highest BCUT2D eigenvalue weighted by Gasteiger charge is 2.15. The first-order chi connectivity index (χ1) is 12.0. The van der Waals surface area contributed by atoms with Crippen LogP contribution in [0.3, 0.4) is 0 Å². The summed E-state index contributed by atoms with van der Waals surface area (Å²) < 4.78 is 16.5. The molecule has 0 saturated heterocycles. The van der Waals surface area contributed by atoms with Gasteiger partial charge in [0, 0.05) is 15.2 Å². The van der Waals surface area contributed by atoms with Crippen LogP contribution in [0.25, 0.3) is 16.9 Å². The lowest BCUT2D eigenvalue weighted by molar-refractivity contribution is 0.209. The third-order valence-corrected chi connectivity index (χ3v) is 4.12. The molecule has 0 fully saturated rings. The molecule has 25 heavy (non-hydrogen) atoms. The third-order valence-electron chi connectivity index (χ3n) is 3.40. The molecule has 0 saturated carbocycles. The average molecular weight is 448 g/mol. The standard InChI is InChI=1S/C17H10FIN4O2/c18-14-7-10(1-2-11(14)9-20)15-8-16(21-17(24)25)22-23(15)13-5-3-12(19)4-6-13/h1-8H,(H,21,22)(H,24,25). The van der Waals surface area contributed by atoms with Crippen molar-refractivity contribution in [3.8, 4) is 23.0 Å². The Bertz CT molecular complexity index is 993. The average Bonchev–Trinajstić information content (AvgIpc) is 2.98. The van der Waals surface area contributed by atoms with Crippen molar-refractivity contribution in [1.29, 1.82) is 5.26 Å². The number of halogens is 2. The van der Waals surface area contributed by atoms with E-state index in [0.717, 1.165) is 3.57 Å². The van der Waals surface area contributed by atoms with Gasteiger partial charge < -0.3 is 5.11 Å². The van der Waals surface area contributed by atoms with Crippen LogP contribution in [0.2, 0.25) is 0 Å². The molecular weight excluding hydrogens is 438 g/mol. The van der Waals surface area contributed by atoms with Crippen LogP contribution >= 0.6 is 22.6 Å². The molecule has 0 aliphatic rings. The van der Waals surface area contributed by atoms with E-state index in [1.54, 1.807) is 12.1 Å². The summed E-state index contributed by atoms with van der Waals surface area (Å²) >= 11 is 2.17. The largest absolute Gasteiger partial charge is 0.465 e. The highest BCUT2D eigenvalue weighted by molar-refractivity contribution is 14.1. The molecule has 8 heteroatoms. The van der Waals surface area contributed by atoms with Gasteiger partial charge in [0.1, 0.15) is 11.9 Å². The van der Waals surface area contributed by atoms with Crippen molar-refractivity contribution in [2.75, 3.05) is 5.32 Å². The Morgan fingerprint density at radius 1 is 1.24 bits per heavy atom. The summed E-state index contributed by atoms with van der Waals surface area (Å²) in [6.07, 6.45) is -1.25. The Morgan fingerprint density at radius 2 is 1.96 bits per heavy atom. The summed E-state index contributed by atoms with van der Waals surface area (Å²) in [5, 5.41) is 24.2. The van der Waals surface area contributed by atoms with E-state index in [-0.39, 0.29) is 11.4 Å². The first-order valence-electron chi connectivity index (χ1n) is 7.04. The normalized spacial score (nSPS) is 10.3. The predicted octanol–water partition coefficient (Wildman–Crippen LogP) is 4.24. The monoisotopic (exact) mass is 448 g/mol. The molecule has 0 aliphatic carbocycles. The fraction of sp³-hybridized carbons (Fsp3) is 0. The van der Waals surface area contributed by atoms with E-state index in [4.69, 9.17) is 10.4 Å². The highest BCUT2D eigenvalue weighted by Crippen LogP contribution is 2.27. The molecule has 0 unspecified atom stereocenters. The number of carboxylic acid groups (broad SMARTS) is 1. The summed E-state index contributed by atoms with van der Waals surface area (Å²) in [4.78, 5) is 10.9.